The van der Waals surface area contributed by atoms with Crippen LogP contribution < -0.4 is 5.56 Å². The number of aromatic amines is 1. The average molecular weight is 235 g/mol. The normalized spacial score (nSPS) is 16.8. The van der Waals surface area contributed by atoms with Gasteiger partial charge < -0.3 is 4.90 Å². The molecule has 1 aliphatic carbocycles. The third kappa shape index (κ3) is 2.72. The second kappa shape index (κ2) is 5.12. The molecule has 0 bridgehead atoms. The molecule has 92 valence electrons. The van der Waals surface area contributed by atoms with Crippen molar-refractivity contribution in [1.82, 2.24) is 15.1 Å². The monoisotopic (exact) mass is 235 g/mol. The summed E-state index contributed by atoms with van der Waals surface area (Å²) in [5.41, 5.74) is 0.0135. The molecule has 1 aromatic heterocycles. The van der Waals surface area contributed by atoms with Crippen molar-refractivity contribution in [3.63, 3.8) is 0 Å². The number of hydrogen-bond donors (Lipinski definition) is 1. The van der Waals surface area contributed by atoms with Crippen molar-refractivity contribution in [3.05, 3.63) is 28.2 Å². The van der Waals surface area contributed by atoms with Crippen LogP contribution in [0.1, 0.15) is 42.6 Å². The molecule has 1 amide bonds. The van der Waals surface area contributed by atoms with E-state index in [-0.39, 0.29) is 11.5 Å². The molecular formula is C12H17N3O2. The number of carbonyl (C=O) groups excluding carboxylic acids is 1. The van der Waals surface area contributed by atoms with E-state index in [1.165, 1.54) is 31.4 Å². The molecule has 5 heteroatoms. The highest BCUT2D eigenvalue weighted by Crippen LogP contribution is 2.22. The predicted molar refractivity (Wildman–Crippen MR) is 63.8 cm³/mol. The number of aromatic nitrogens is 2. The summed E-state index contributed by atoms with van der Waals surface area (Å²) in [6, 6.07) is 3.11. The zero-order valence-corrected chi connectivity index (χ0v) is 9.98. The highest BCUT2D eigenvalue weighted by atomic mass is 16.2. The second-order valence-electron chi connectivity index (χ2n) is 4.51. The molecule has 1 heterocycles. The number of nitrogens with zero attached hydrogens (tertiary/aromatic N) is 2. The van der Waals surface area contributed by atoms with E-state index in [0.29, 0.717) is 11.7 Å². The zero-order chi connectivity index (χ0) is 12.3. The first-order valence-electron chi connectivity index (χ1n) is 6.01. The van der Waals surface area contributed by atoms with Gasteiger partial charge in [-0.2, -0.15) is 5.10 Å². The van der Waals surface area contributed by atoms with E-state index in [9.17, 15) is 9.59 Å². The minimum absolute atomic E-state index is 0.117. The fourth-order valence-electron chi connectivity index (χ4n) is 2.28. The lowest BCUT2D eigenvalue weighted by Gasteiger charge is -2.30. The Morgan fingerprint density at radius 3 is 2.65 bits per heavy atom. The van der Waals surface area contributed by atoms with Gasteiger partial charge in [0, 0.05) is 19.2 Å². The van der Waals surface area contributed by atoms with Crippen molar-refractivity contribution in [1.29, 1.82) is 0 Å². The van der Waals surface area contributed by atoms with E-state index < -0.39 is 0 Å². The maximum absolute atomic E-state index is 12.1. The van der Waals surface area contributed by atoms with Crippen LogP contribution in [-0.2, 0) is 0 Å². The van der Waals surface area contributed by atoms with Gasteiger partial charge in [-0.05, 0) is 18.9 Å². The Hall–Kier alpha value is -1.65. The number of carbonyl (C=O) groups is 1. The van der Waals surface area contributed by atoms with E-state index in [4.69, 9.17) is 0 Å². The molecule has 1 saturated carbocycles. The molecule has 0 radical (unpaired) electrons. The van der Waals surface area contributed by atoms with Crippen molar-refractivity contribution in [2.24, 2.45) is 0 Å². The summed E-state index contributed by atoms with van der Waals surface area (Å²) < 4.78 is 0. The quantitative estimate of drug-likeness (QED) is 0.837. The highest BCUT2D eigenvalue weighted by molar-refractivity contribution is 5.92. The Morgan fingerprint density at radius 2 is 2.06 bits per heavy atom. The van der Waals surface area contributed by atoms with E-state index in [2.05, 4.69) is 10.2 Å². The molecule has 0 unspecified atom stereocenters. The Bertz CT molecular complexity index is 429. The van der Waals surface area contributed by atoms with E-state index in [0.717, 1.165) is 12.8 Å². The summed E-state index contributed by atoms with van der Waals surface area (Å²) in [6.45, 7) is 0. The third-order valence-electron chi connectivity index (χ3n) is 3.34. The van der Waals surface area contributed by atoms with Gasteiger partial charge in [0.2, 0.25) is 0 Å². The number of nitrogens with one attached hydrogen (secondary N) is 1. The molecule has 0 spiro atoms. The molecule has 0 atom stereocenters. The van der Waals surface area contributed by atoms with Gasteiger partial charge in [-0.3, -0.25) is 9.59 Å². The van der Waals surface area contributed by atoms with Crippen LogP contribution in [0.15, 0.2) is 16.9 Å². The summed E-state index contributed by atoms with van der Waals surface area (Å²) in [4.78, 5) is 24.7. The summed E-state index contributed by atoms with van der Waals surface area (Å²) in [7, 11) is 1.81. The van der Waals surface area contributed by atoms with Crippen molar-refractivity contribution >= 4 is 5.91 Å². The Labute approximate surface area is 99.8 Å². The van der Waals surface area contributed by atoms with Gasteiger partial charge in [-0.15, -0.1) is 0 Å². The second-order valence-corrected chi connectivity index (χ2v) is 4.51. The van der Waals surface area contributed by atoms with Crippen LogP contribution in [0, 0.1) is 0 Å². The van der Waals surface area contributed by atoms with Crippen molar-refractivity contribution < 1.29 is 4.79 Å². The van der Waals surface area contributed by atoms with Gasteiger partial charge in [0.25, 0.3) is 11.5 Å². The largest absolute Gasteiger partial charge is 0.337 e. The van der Waals surface area contributed by atoms with Crippen LogP contribution >= 0.6 is 0 Å². The maximum atomic E-state index is 12.1. The molecule has 1 N–H and O–H groups in total. The first-order valence-corrected chi connectivity index (χ1v) is 6.01. The van der Waals surface area contributed by atoms with Gasteiger partial charge >= 0.3 is 0 Å². The van der Waals surface area contributed by atoms with E-state index in [1.807, 2.05) is 7.05 Å². The summed E-state index contributed by atoms with van der Waals surface area (Å²) >= 11 is 0. The fraction of sp³-hybridized carbons (Fsp3) is 0.583. The molecule has 0 aliphatic heterocycles. The lowest BCUT2D eigenvalue weighted by molar-refractivity contribution is 0.0689. The maximum Gasteiger partial charge on any atom is 0.274 e. The molecule has 1 aliphatic rings. The van der Waals surface area contributed by atoms with Gasteiger partial charge in [0.15, 0.2) is 0 Å². The van der Waals surface area contributed by atoms with Crippen LogP contribution in [0.5, 0.6) is 0 Å². The van der Waals surface area contributed by atoms with Crippen LogP contribution in [0.3, 0.4) is 0 Å². The Balaban J connectivity index is 2.08. The van der Waals surface area contributed by atoms with E-state index in [1.54, 1.807) is 4.90 Å². The number of H-pyrrole nitrogens is 1. The van der Waals surface area contributed by atoms with Crippen molar-refractivity contribution in [2.45, 2.75) is 38.1 Å². The number of rotatable bonds is 2. The number of amides is 1. The smallest absolute Gasteiger partial charge is 0.274 e. The SMILES string of the molecule is CN(C(=O)c1ccc(=O)[nH]n1)C1CCCCC1. The summed E-state index contributed by atoms with van der Waals surface area (Å²) in [6.07, 6.45) is 5.75. The molecule has 1 aromatic rings. The Kier molecular flexibility index (Phi) is 3.56. The zero-order valence-electron chi connectivity index (χ0n) is 9.98. The van der Waals surface area contributed by atoms with E-state index >= 15 is 0 Å². The average Bonchev–Trinajstić information content (AvgIpc) is 2.39. The van der Waals surface area contributed by atoms with Gasteiger partial charge in [-0.1, -0.05) is 19.3 Å². The van der Waals surface area contributed by atoms with Crippen LogP contribution in [-0.4, -0.2) is 34.1 Å². The van der Waals surface area contributed by atoms with Crippen LogP contribution in [0.4, 0.5) is 0 Å². The predicted octanol–water partition coefficient (Wildman–Crippen LogP) is 1.17. The molecule has 2 rings (SSSR count). The summed E-state index contributed by atoms with van der Waals surface area (Å²) in [5, 5.41) is 6.05. The highest BCUT2D eigenvalue weighted by Gasteiger charge is 2.23. The molecule has 1 fully saturated rings. The van der Waals surface area contributed by atoms with Crippen LogP contribution in [0.25, 0.3) is 0 Å². The third-order valence-corrected chi connectivity index (χ3v) is 3.34. The van der Waals surface area contributed by atoms with Crippen molar-refractivity contribution in [3.8, 4) is 0 Å². The lowest BCUT2D eigenvalue weighted by Crippen LogP contribution is -2.39. The summed E-state index contributed by atoms with van der Waals surface area (Å²) in [5.74, 6) is -0.117. The fourth-order valence-corrected chi connectivity index (χ4v) is 2.28. The minimum atomic E-state index is -0.290. The first-order chi connectivity index (χ1) is 8.18. The van der Waals surface area contributed by atoms with Gasteiger partial charge in [0.05, 0.1) is 0 Å². The first kappa shape index (κ1) is 11.8. The van der Waals surface area contributed by atoms with Gasteiger partial charge in [-0.25, -0.2) is 5.10 Å². The standard InChI is InChI=1S/C12H17N3O2/c1-15(9-5-3-2-4-6-9)12(17)10-7-8-11(16)14-13-10/h7-9H,2-6H2,1H3,(H,14,16). The minimum Gasteiger partial charge on any atom is -0.337 e. The lowest BCUT2D eigenvalue weighted by atomic mass is 9.94. The molecule has 17 heavy (non-hydrogen) atoms. The molecule has 0 aromatic carbocycles. The molecule has 5 nitrogen and oxygen atoms in total. The number of hydrogen-bond acceptors (Lipinski definition) is 3. The van der Waals surface area contributed by atoms with Gasteiger partial charge in [0.1, 0.15) is 5.69 Å². The molecule has 0 saturated heterocycles. The van der Waals surface area contributed by atoms with Crippen molar-refractivity contribution in [2.75, 3.05) is 7.05 Å². The van der Waals surface area contributed by atoms with Crippen LogP contribution in [0.2, 0.25) is 0 Å². The topological polar surface area (TPSA) is 66.1 Å². The molecular weight excluding hydrogens is 218 g/mol. The Morgan fingerprint density at radius 1 is 1.35 bits per heavy atom.